The predicted molar refractivity (Wildman–Crippen MR) is 60.9 cm³/mol. The van der Waals surface area contributed by atoms with Crippen LogP contribution in [0.3, 0.4) is 0 Å². The van der Waals surface area contributed by atoms with Crippen molar-refractivity contribution in [1.82, 2.24) is 14.7 Å². The smallest absolute Gasteiger partial charge is 0.257 e. The van der Waals surface area contributed by atoms with Crippen LogP contribution in [0.15, 0.2) is 35.2 Å². The Labute approximate surface area is 96.9 Å². The molecule has 17 heavy (non-hydrogen) atoms. The first-order valence-corrected chi connectivity index (χ1v) is 5.06. The molecule has 3 rings (SSSR count). The highest BCUT2D eigenvalue weighted by molar-refractivity contribution is 5.89. The van der Waals surface area contributed by atoms with Gasteiger partial charge < -0.3 is 9.09 Å². The zero-order chi connectivity index (χ0) is 11.8. The first-order chi connectivity index (χ1) is 8.29. The van der Waals surface area contributed by atoms with Crippen LogP contribution in [0.5, 0.6) is 0 Å². The number of nitrogens with zero attached hydrogens (tertiary/aromatic N) is 4. The second-order valence-corrected chi connectivity index (χ2v) is 3.75. The maximum Gasteiger partial charge on any atom is 0.257 e. The molecule has 0 aliphatic heterocycles. The van der Waals surface area contributed by atoms with E-state index in [-0.39, 0.29) is 0 Å². The van der Waals surface area contributed by atoms with Crippen LogP contribution in [0.2, 0.25) is 0 Å². The molecule has 5 heteroatoms. The quantitative estimate of drug-likeness (QED) is 0.634. The van der Waals surface area contributed by atoms with Crippen molar-refractivity contribution < 1.29 is 4.52 Å². The lowest BCUT2D eigenvalue weighted by Gasteiger charge is -2.01. The molecular formula is C12H8N4O. The van der Waals surface area contributed by atoms with Crippen LogP contribution in [0, 0.1) is 11.3 Å². The minimum Gasteiger partial charge on any atom is -0.349 e. The van der Waals surface area contributed by atoms with Gasteiger partial charge in [0.1, 0.15) is 6.07 Å². The van der Waals surface area contributed by atoms with Gasteiger partial charge in [-0.3, -0.25) is 0 Å². The zero-order valence-electron chi connectivity index (χ0n) is 9.08. The zero-order valence-corrected chi connectivity index (χ0v) is 9.08. The van der Waals surface area contributed by atoms with Crippen molar-refractivity contribution in [2.75, 3.05) is 0 Å². The van der Waals surface area contributed by atoms with Crippen LogP contribution in [0.25, 0.3) is 22.4 Å². The third-order valence-corrected chi connectivity index (χ3v) is 2.70. The Hall–Kier alpha value is -2.61. The molecule has 0 spiro atoms. The molecule has 0 aliphatic rings. The first kappa shape index (κ1) is 9.60. The number of nitriles is 1. The van der Waals surface area contributed by atoms with Crippen LogP contribution >= 0.6 is 0 Å². The van der Waals surface area contributed by atoms with E-state index in [4.69, 9.17) is 4.52 Å². The van der Waals surface area contributed by atoms with E-state index in [0.717, 1.165) is 16.5 Å². The molecule has 0 unspecified atom stereocenters. The summed E-state index contributed by atoms with van der Waals surface area (Å²) in [6, 6.07) is 7.84. The monoisotopic (exact) mass is 224 g/mol. The SMILES string of the molecule is Cn1ccc2cc(-c3ncno3)cc(C#N)c21. The molecule has 0 saturated heterocycles. The summed E-state index contributed by atoms with van der Waals surface area (Å²) in [7, 11) is 1.91. The van der Waals surface area contributed by atoms with Crippen molar-refractivity contribution in [1.29, 1.82) is 5.26 Å². The van der Waals surface area contributed by atoms with Gasteiger partial charge in [0.05, 0.1) is 11.1 Å². The fourth-order valence-electron chi connectivity index (χ4n) is 1.95. The number of hydrogen-bond acceptors (Lipinski definition) is 4. The average Bonchev–Trinajstić information content (AvgIpc) is 2.98. The topological polar surface area (TPSA) is 67.6 Å². The molecule has 2 aromatic heterocycles. The summed E-state index contributed by atoms with van der Waals surface area (Å²) < 4.78 is 6.92. The molecule has 0 fully saturated rings. The average molecular weight is 224 g/mol. The van der Waals surface area contributed by atoms with Gasteiger partial charge in [0, 0.05) is 24.2 Å². The second-order valence-electron chi connectivity index (χ2n) is 3.75. The van der Waals surface area contributed by atoms with Crippen molar-refractivity contribution in [2.45, 2.75) is 0 Å². The standard InChI is InChI=1S/C12H8N4O/c1-16-3-2-8-4-9(12-14-7-15-17-12)5-10(6-13)11(8)16/h2-5,7H,1H3. The molecule has 0 bridgehead atoms. The summed E-state index contributed by atoms with van der Waals surface area (Å²) in [5, 5.41) is 13.7. The van der Waals surface area contributed by atoms with Gasteiger partial charge in [0.25, 0.3) is 5.89 Å². The Bertz CT molecular complexity index is 719. The minimum atomic E-state index is 0.423. The lowest BCUT2D eigenvalue weighted by molar-refractivity contribution is 0.430. The van der Waals surface area contributed by atoms with E-state index in [2.05, 4.69) is 16.2 Å². The van der Waals surface area contributed by atoms with Crippen LogP contribution in [0.4, 0.5) is 0 Å². The van der Waals surface area contributed by atoms with E-state index >= 15 is 0 Å². The predicted octanol–water partition coefficient (Wildman–Crippen LogP) is 2.10. The summed E-state index contributed by atoms with van der Waals surface area (Å²) in [6.45, 7) is 0. The molecule has 5 nitrogen and oxygen atoms in total. The molecule has 0 radical (unpaired) electrons. The molecule has 1 aromatic carbocycles. The Morgan fingerprint density at radius 2 is 2.29 bits per heavy atom. The van der Waals surface area contributed by atoms with Crippen molar-refractivity contribution >= 4 is 10.9 Å². The Balaban J connectivity index is 2.34. The van der Waals surface area contributed by atoms with Crippen molar-refractivity contribution in [3.8, 4) is 17.5 Å². The van der Waals surface area contributed by atoms with Crippen LogP contribution < -0.4 is 0 Å². The van der Waals surface area contributed by atoms with Crippen LogP contribution in [-0.2, 0) is 7.05 Å². The van der Waals surface area contributed by atoms with Gasteiger partial charge in [-0.25, -0.2) is 0 Å². The summed E-state index contributed by atoms with van der Waals surface area (Å²) >= 11 is 0. The van der Waals surface area contributed by atoms with E-state index < -0.39 is 0 Å². The Kier molecular flexibility index (Phi) is 1.95. The lowest BCUT2D eigenvalue weighted by Crippen LogP contribution is -1.89. The molecule has 3 aromatic rings. The second kappa shape index (κ2) is 3.46. The number of rotatable bonds is 1. The number of aryl methyl sites for hydroxylation is 1. The molecule has 0 N–H and O–H groups in total. The Morgan fingerprint density at radius 1 is 1.41 bits per heavy atom. The fraction of sp³-hybridized carbons (Fsp3) is 0.0833. The van der Waals surface area contributed by atoms with Gasteiger partial charge in [-0.15, -0.1) is 0 Å². The minimum absolute atomic E-state index is 0.423. The maximum atomic E-state index is 9.17. The van der Waals surface area contributed by atoms with Crippen LogP contribution in [0.1, 0.15) is 5.56 Å². The first-order valence-electron chi connectivity index (χ1n) is 5.06. The van der Waals surface area contributed by atoms with Gasteiger partial charge >= 0.3 is 0 Å². The van der Waals surface area contributed by atoms with E-state index in [1.54, 1.807) is 6.07 Å². The highest BCUT2D eigenvalue weighted by Crippen LogP contribution is 2.26. The third kappa shape index (κ3) is 1.39. The molecule has 2 heterocycles. The van der Waals surface area contributed by atoms with Gasteiger partial charge in [-0.05, 0) is 18.2 Å². The van der Waals surface area contributed by atoms with E-state index in [0.29, 0.717) is 11.5 Å². The largest absolute Gasteiger partial charge is 0.349 e. The number of fused-ring (bicyclic) bond motifs is 1. The van der Waals surface area contributed by atoms with E-state index in [1.165, 1.54) is 6.33 Å². The summed E-state index contributed by atoms with van der Waals surface area (Å²) in [6.07, 6.45) is 3.26. The van der Waals surface area contributed by atoms with Crippen molar-refractivity contribution in [3.63, 3.8) is 0 Å². The van der Waals surface area contributed by atoms with Gasteiger partial charge in [-0.2, -0.15) is 10.2 Å². The van der Waals surface area contributed by atoms with Crippen molar-refractivity contribution in [2.24, 2.45) is 7.05 Å². The van der Waals surface area contributed by atoms with Crippen LogP contribution in [-0.4, -0.2) is 14.7 Å². The third-order valence-electron chi connectivity index (χ3n) is 2.70. The number of aromatic nitrogens is 3. The highest BCUT2D eigenvalue weighted by atomic mass is 16.5. The summed E-state index contributed by atoms with van der Waals surface area (Å²) in [5.41, 5.74) is 2.27. The molecular weight excluding hydrogens is 216 g/mol. The highest BCUT2D eigenvalue weighted by Gasteiger charge is 2.11. The normalized spacial score (nSPS) is 10.6. The van der Waals surface area contributed by atoms with E-state index in [1.807, 2.05) is 29.9 Å². The molecule has 0 atom stereocenters. The van der Waals surface area contributed by atoms with E-state index in [9.17, 15) is 5.26 Å². The van der Waals surface area contributed by atoms with Gasteiger partial charge in [-0.1, -0.05) is 5.16 Å². The molecule has 0 amide bonds. The number of benzene rings is 1. The fourth-order valence-corrected chi connectivity index (χ4v) is 1.95. The maximum absolute atomic E-state index is 9.17. The van der Waals surface area contributed by atoms with Crippen molar-refractivity contribution in [3.05, 3.63) is 36.3 Å². The van der Waals surface area contributed by atoms with Gasteiger partial charge in [0.2, 0.25) is 0 Å². The van der Waals surface area contributed by atoms with Gasteiger partial charge in [0.15, 0.2) is 6.33 Å². The molecule has 82 valence electrons. The Morgan fingerprint density at radius 3 is 3.00 bits per heavy atom. The molecule has 0 aliphatic carbocycles. The summed E-state index contributed by atoms with van der Waals surface area (Å²) in [5.74, 6) is 0.423. The lowest BCUT2D eigenvalue weighted by atomic mass is 10.1. The molecule has 0 saturated carbocycles. The summed E-state index contributed by atoms with van der Waals surface area (Å²) in [4.78, 5) is 3.98. The number of hydrogen-bond donors (Lipinski definition) is 0.